The Morgan fingerprint density at radius 1 is 1.00 bits per heavy atom. The average Bonchev–Trinajstić information content (AvgIpc) is 2.26. The number of nitrogens with one attached hydrogen (secondary N) is 1. The number of alkyl halides is 1. The zero-order valence-corrected chi connectivity index (χ0v) is 9.42. The highest BCUT2D eigenvalue weighted by Crippen LogP contribution is 2.17. The summed E-state index contributed by atoms with van der Waals surface area (Å²) in [5.74, 6) is 0. The van der Waals surface area contributed by atoms with Crippen molar-refractivity contribution in [1.82, 2.24) is 5.32 Å². The molecule has 0 saturated carbocycles. The van der Waals surface area contributed by atoms with E-state index in [0.29, 0.717) is 0 Å². The summed E-state index contributed by atoms with van der Waals surface area (Å²) in [7, 11) is 0. The van der Waals surface area contributed by atoms with Crippen LogP contribution in [0.2, 0.25) is 0 Å². The molecule has 0 spiro atoms. The van der Waals surface area contributed by atoms with Gasteiger partial charge in [0.1, 0.15) is 0 Å². The zero-order chi connectivity index (χ0) is 9.80. The molecular formula is C12H12BrN. The van der Waals surface area contributed by atoms with E-state index >= 15 is 0 Å². The monoisotopic (exact) mass is 249 g/mol. The average molecular weight is 250 g/mol. The van der Waals surface area contributed by atoms with E-state index in [4.69, 9.17) is 0 Å². The van der Waals surface area contributed by atoms with Gasteiger partial charge in [-0.15, -0.1) is 0 Å². The third-order valence-corrected chi connectivity index (χ3v) is 2.69. The number of rotatable bonds is 3. The topological polar surface area (TPSA) is 12.0 Å². The van der Waals surface area contributed by atoms with Crippen LogP contribution in [-0.2, 0) is 6.54 Å². The number of hydrogen-bond donors (Lipinski definition) is 1. The highest BCUT2D eigenvalue weighted by molar-refractivity contribution is 9.09. The molecule has 72 valence electrons. The Bertz CT molecular complexity index is 420. The van der Waals surface area contributed by atoms with Gasteiger partial charge in [0.25, 0.3) is 0 Å². The van der Waals surface area contributed by atoms with Crippen LogP contribution in [0.4, 0.5) is 0 Å². The lowest BCUT2D eigenvalue weighted by Gasteiger charge is -2.05. The van der Waals surface area contributed by atoms with Crippen LogP contribution in [0.5, 0.6) is 0 Å². The molecule has 0 aliphatic rings. The van der Waals surface area contributed by atoms with Gasteiger partial charge in [0.15, 0.2) is 0 Å². The first-order valence-electron chi connectivity index (χ1n) is 4.65. The molecule has 1 nitrogen and oxygen atoms in total. The molecule has 2 heteroatoms. The lowest BCUT2D eigenvalue weighted by atomic mass is 10.0. The lowest BCUT2D eigenvalue weighted by Crippen LogP contribution is -2.09. The highest BCUT2D eigenvalue weighted by atomic mass is 79.9. The predicted octanol–water partition coefficient (Wildman–Crippen LogP) is 3.28. The minimum Gasteiger partial charge on any atom is -0.303 e. The van der Waals surface area contributed by atoms with E-state index in [1.807, 2.05) is 0 Å². The van der Waals surface area contributed by atoms with E-state index in [1.54, 1.807) is 0 Å². The number of halogens is 1. The molecule has 0 saturated heterocycles. The van der Waals surface area contributed by atoms with Crippen molar-refractivity contribution in [2.45, 2.75) is 6.54 Å². The number of hydrogen-bond acceptors (Lipinski definition) is 1. The molecule has 0 aliphatic heterocycles. The Hall–Kier alpha value is -0.860. The molecule has 14 heavy (non-hydrogen) atoms. The van der Waals surface area contributed by atoms with Gasteiger partial charge in [-0.25, -0.2) is 0 Å². The molecule has 0 amide bonds. The summed E-state index contributed by atoms with van der Waals surface area (Å²) in [5.41, 5.74) is 2.18. The zero-order valence-electron chi connectivity index (χ0n) is 7.83. The standard InChI is InChI=1S/C12H12BrN/c13-9-14-8-11-6-3-5-10-4-1-2-7-12(10)11/h1-7,14H,8-9H2. The molecule has 2 aromatic carbocycles. The molecule has 0 atom stereocenters. The van der Waals surface area contributed by atoms with Crippen molar-refractivity contribution < 1.29 is 0 Å². The molecule has 2 aromatic rings. The van der Waals surface area contributed by atoms with Crippen molar-refractivity contribution in [1.29, 1.82) is 0 Å². The van der Waals surface area contributed by atoms with Gasteiger partial charge < -0.3 is 5.32 Å². The third-order valence-electron chi connectivity index (χ3n) is 2.29. The van der Waals surface area contributed by atoms with Gasteiger partial charge in [-0.1, -0.05) is 58.4 Å². The molecular weight excluding hydrogens is 238 g/mol. The van der Waals surface area contributed by atoms with E-state index in [0.717, 1.165) is 12.0 Å². The molecule has 0 unspecified atom stereocenters. The Morgan fingerprint density at radius 2 is 1.79 bits per heavy atom. The summed E-state index contributed by atoms with van der Waals surface area (Å²) >= 11 is 3.36. The Balaban J connectivity index is 2.43. The van der Waals surface area contributed by atoms with Gasteiger partial charge >= 0.3 is 0 Å². The summed E-state index contributed by atoms with van der Waals surface area (Å²) in [5, 5.41) is 5.92. The Labute approximate surface area is 92.3 Å². The summed E-state index contributed by atoms with van der Waals surface area (Å²) in [6, 6.07) is 14.9. The molecule has 0 aliphatic carbocycles. The van der Waals surface area contributed by atoms with Gasteiger partial charge in [0.2, 0.25) is 0 Å². The largest absolute Gasteiger partial charge is 0.303 e. The lowest BCUT2D eigenvalue weighted by molar-refractivity contribution is 0.807. The van der Waals surface area contributed by atoms with Gasteiger partial charge in [0.05, 0.1) is 5.45 Å². The van der Waals surface area contributed by atoms with Gasteiger partial charge in [-0.3, -0.25) is 0 Å². The van der Waals surface area contributed by atoms with Crippen LogP contribution < -0.4 is 5.32 Å². The second kappa shape index (κ2) is 4.58. The van der Waals surface area contributed by atoms with Crippen LogP contribution >= 0.6 is 15.9 Å². The molecule has 0 aromatic heterocycles. The van der Waals surface area contributed by atoms with E-state index < -0.39 is 0 Å². The highest BCUT2D eigenvalue weighted by Gasteiger charge is 1.98. The molecule has 2 rings (SSSR count). The van der Waals surface area contributed by atoms with E-state index in [1.165, 1.54) is 16.3 Å². The molecule has 0 radical (unpaired) electrons. The van der Waals surface area contributed by atoms with E-state index in [9.17, 15) is 0 Å². The van der Waals surface area contributed by atoms with Gasteiger partial charge in [-0.05, 0) is 16.3 Å². The van der Waals surface area contributed by atoms with Crippen molar-refractivity contribution in [3.05, 3.63) is 48.0 Å². The number of benzene rings is 2. The van der Waals surface area contributed by atoms with Crippen LogP contribution in [0.3, 0.4) is 0 Å². The summed E-state index contributed by atoms with van der Waals surface area (Å²) in [6.07, 6.45) is 0. The predicted molar refractivity (Wildman–Crippen MR) is 64.6 cm³/mol. The smallest absolute Gasteiger partial charge is 0.0519 e. The first-order valence-corrected chi connectivity index (χ1v) is 5.77. The molecule has 0 bridgehead atoms. The van der Waals surface area contributed by atoms with Crippen molar-refractivity contribution in [2.24, 2.45) is 0 Å². The van der Waals surface area contributed by atoms with Gasteiger partial charge in [-0.2, -0.15) is 0 Å². The first kappa shape index (κ1) is 9.69. The van der Waals surface area contributed by atoms with Crippen LogP contribution in [-0.4, -0.2) is 5.45 Å². The SMILES string of the molecule is BrCNCc1cccc2ccccc12. The van der Waals surface area contributed by atoms with E-state index in [2.05, 4.69) is 63.7 Å². The van der Waals surface area contributed by atoms with E-state index in [-0.39, 0.29) is 0 Å². The van der Waals surface area contributed by atoms with Crippen molar-refractivity contribution >= 4 is 26.7 Å². The molecule has 0 fully saturated rings. The molecule has 0 heterocycles. The quantitative estimate of drug-likeness (QED) is 0.651. The molecule has 1 N–H and O–H groups in total. The Morgan fingerprint density at radius 3 is 2.64 bits per heavy atom. The summed E-state index contributed by atoms with van der Waals surface area (Å²) in [4.78, 5) is 0. The fourth-order valence-corrected chi connectivity index (χ4v) is 1.83. The maximum atomic E-state index is 3.36. The second-order valence-electron chi connectivity index (χ2n) is 3.20. The summed E-state index contributed by atoms with van der Waals surface area (Å²) in [6.45, 7) is 0.909. The fraction of sp³-hybridized carbons (Fsp3) is 0.167. The van der Waals surface area contributed by atoms with Gasteiger partial charge in [0, 0.05) is 6.54 Å². The summed E-state index contributed by atoms with van der Waals surface area (Å²) < 4.78 is 0. The van der Waals surface area contributed by atoms with Crippen molar-refractivity contribution in [3.8, 4) is 0 Å². The van der Waals surface area contributed by atoms with Crippen molar-refractivity contribution in [2.75, 3.05) is 5.45 Å². The normalized spacial score (nSPS) is 10.6. The number of fused-ring (bicyclic) bond motifs is 1. The first-order chi connectivity index (χ1) is 6.92. The third kappa shape index (κ3) is 1.97. The minimum atomic E-state index is 0.830. The maximum Gasteiger partial charge on any atom is 0.0519 e. The Kier molecular flexibility index (Phi) is 3.17. The van der Waals surface area contributed by atoms with Crippen LogP contribution in [0.1, 0.15) is 5.56 Å². The van der Waals surface area contributed by atoms with Crippen molar-refractivity contribution in [3.63, 3.8) is 0 Å². The second-order valence-corrected chi connectivity index (χ2v) is 3.76. The fourth-order valence-electron chi connectivity index (χ4n) is 1.63. The maximum absolute atomic E-state index is 3.36. The van der Waals surface area contributed by atoms with Crippen LogP contribution in [0.15, 0.2) is 42.5 Å². The van der Waals surface area contributed by atoms with Crippen LogP contribution in [0.25, 0.3) is 10.8 Å². The van der Waals surface area contributed by atoms with Crippen LogP contribution in [0, 0.1) is 0 Å². The minimum absolute atomic E-state index is 0.830.